The van der Waals surface area contributed by atoms with Crippen molar-refractivity contribution in [3.63, 3.8) is 0 Å². The smallest absolute Gasteiger partial charge is 0.342 e. The molecule has 0 spiro atoms. The maximum Gasteiger partial charge on any atom is 0.342 e. The van der Waals surface area contributed by atoms with Crippen molar-refractivity contribution >= 4 is 17.3 Å². The molecule has 2 rings (SSSR count). The van der Waals surface area contributed by atoms with E-state index in [1.165, 1.54) is 19.2 Å². The van der Waals surface area contributed by atoms with Gasteiger partial charge in [0.25, 0.3) is 0 Å². The number of carbonyl (C=O) groups is 2. The normalized spacial score (nSPS) is 10.6. The number of Topliss-reactive ketones (excluding diaryl/α,β-unsaturated/α-hetero) is 1. The molecule has 0 amide bonds. The number of pyridine rings is 1. The molecule has 0 radical (unpaired) electrons. The van der Waals surface area contributed by atoms with Gasteiger partial charge in [-0.25, -0.2) is 4.79 Å². The molecular weight excluding hydrogens is 234 g/mol. The fourth-order valence-electron chi connectivity index (χ4n) is 1.71. The Morgan fingerprint density at radius 2 is 2.06 bits per heavy atom. The van der Waals surface area contributed by atoms with Crippen molar-refractivity contribution in [2.24, 2.45) is 0 Å². The fourth-order valence-corrected chi connectivity index (χ4v) is 1.71. The first kappa shape index (κ1) is 12.2. The molecule has 94 valence electrons. The van der Waals surface area contributed by atoms with Crippen molar-refractivity contribution < 1.29 is 19.4 Å². The van der Waals surface area contributed by atoms with E-state index in [1.54, 1.807) is 23.6 Å². The molecule has 0 fully saturated rings. The molecule has 0 aliphatic rings. The van der Waals surface area contributed by atoms with E-state index in [-0.39, 0.29) is 23.7 Å². The minimum Gasteiger partial charge on any atom is -0.505 e. The number of rotatable bonds is 3. The lowest BCUT2D eigenvalue weighted by atomic mass is 10.2. The summed E-state index contributed by atoms with van der Waals surface area (Å²) in [5.41, 5.74) is 1.27. The number of ketones is 1. The SMILES string of the molecule is CCOC(=O)c1cc2cc(C(C)=O)cn2cc1O. The van der Waals surface area contributed by atoms with Crippen LogP contribution in [0.1, 0.15) is 34.6 Å². The second kappa shape index (κ2) is 4.52. The number of ether oxygens (including phenoxy) is 1. The molecule has 5 heteroatoms. The number of aromatic hydroxyl groups is 1. The first-order valence-corrected chi connectivity index (χ1v) is 5.55. The molecule has 2 aromatic rings. The fraction of sp³-hybridized carbons (Fsp3) is 0.231. The summed E-state index contributed by atoms with van der Waals surface area (Å²) < 4.78 is 6.43. The van der Waals surface area contributed by atoms with Gasteiger partial charge in [-0.2, -0.15) is 0 Å². The van der Waals surface area contributed by atoms with E-state index in [1.807, 2.05) is 0 Å². The highest BCUT2D eigenvalue weighted by Crippen LogP contribution is 2.22. The van der Waals surface area contributed by atoms with Crippen molar-refractivity contribution in [1.82, 2.24) is 4.40 Å². The third-order valence-corrected chi connectivity index (χ3v) is 2.61. The van der Waals surface area contributed by atoms with Gasteiger partial charge in [0.05, 0.1) is 12.8 Å². The zero-order valence-corrected chi connectivity index (χ0v) is 10.1. The zero-order chi connectivity index (χ0) is 13.3. The molecule has 0 bridgehead atoms. The van der Waals surface area contributed by atoms with Crippen LogP contribution in [0.15, 0.2) is 24.5 Å². The van der Waals surface area contributed by atoms with Crippen LogP contribution in [0.3, 0.4) is 0 Å². The van der Waals surface area contributed by atoms with Crippen LogP contribution in [0.4, 0.5) is 0 Å². The van der Waals surface area contributed by atoms with Crippen LogP contribution in [-0.4, -0.2) is 27.9 Å². The number of aromatic nitrogens is 1. The van der Waals surface area contributed by atoms with Crippen LogP contribution < -0.4 is 0 Å². The van der Waals surface area contributed by atoms with Crippen molar-refractivity contribution in [1.29, 1.82) is 0 Å². The largest absolute Gasteiger partial charge is 0.505 e. The Balaban J connectivity index is 2.53. The number of hydrogen-bond donors (Lipinski definition) is 1. The highest BCUT2D eigenvalue weighted by molar-refractivity contribution is 5.97. The Kier molecular flexibility index (Phi) is 3.06. The maximum atomic E-state index is 11.6. The van der Waals surface area contributed by atoms with Gasteiger partial charge in [0.2, 0.25) is 0 Å². The highest BCUT2D eigenvalue weighted by atomic mass is 16.5. The Hall–Kier alpha value is -2.30. The molecule has 0 aliphatic carbocycles. The topological polar surface area (TPSA) is 68.0 Å². The first-order chi connectivity index (χ1) is 8.52. The van der Waals surface area contributed by atoms with Gasteiger partial charge in [-0.3, -0.25) is 4.79 Å². The molecule has 5 nitrogen and oxygen atoms in total. The third kappa shape index (κ3) is 2.07. The first-order valence-electron chi connectivity index (χ1n) is 5.55. The summed E-state index contributed by atoms with van der Waals surface area (Å²) in [7, 11) is 0. The van der Waals surface area contributed by atoms with Gasteiger partial charge in [-0.05, 0) is 26.0 Å². The number of fused-ring (bicyclic) bond motifs is 1. The summed E-state index contributed by atoms with van der Waals surface area (Å²) in [6.45, 7) is 3.39. The van der Waals surface area contributed by atoms with Gasteiger partial charge in [-0.1, -0.05) is 0 Å². The van der Waals surface area contributed by atoms with E-state index in [0.29, 0.717) is 11.1 Å². The monoisotopic (exact) mass is 247 g/mol. The molecule has 0 saturated carbocycles. The van der Waals surface area contributed by atoms with Gasteiger partial charge < -0.3 is 14.2 Å². The van der Waals surface area contributed by atoms with E-state index >= 15 is 0 Å². The van der Waals surface area contributed by atoms with Gasteiger partial charge in [0.1, 0.15) is 11.3 Å². The lowest BCUT2D eigenvalue weighted by molar-refractivity contribution is 0.0523. The van der Waals surface area contributed by atoms with Crippen LogP contribution >= 0.6 is 0 Å². The lowest BCUT2D eigenvalue weighted by Crippen LogP contribution is -2.05. The van der Waals surface area contributed by atoms with E-state index in [9.17, 15) is 14.7 Å². The molecule has 18 heavy (non-hydrogen) atoms. The highest BCUT2D eigenvalue weighted by Gasteiger charge is 2.14. The third-order valence-electron chi connectivity index (χ3n) is 2.61. The summed E-state index contributed by atoms with van der Waals surface area (Å²) in [6.07, 6.45) is 2.99. The van der Waals surface area contributed by atoms with Crippen LogP contribution in [0.2, 0.25) is 0 Å². The van der Waals surface area contributed by atoms with Crippen LogP contribution in [0, 0.1) is 0 Å². The zero-order valence-electron chi connectivity index (χ0n) is 10.1. The van der Waals surface area contributed by atoms with Crippen LogP contribution in [0.25, 0.3) is 5.52 Å². The number of esters is 1. The van der Waals surface area contributed by atoms with Crippen molar-refractivity contribution in [3.8, 4) is 5.75 Å². The van der Waals surface area contributed by atoms with Crippen LogP contribution in [0.5, 0.6) is 5.75 Å². The lowest BCUT2D eigenvalue weighted by Gasteiger charge is -2.05. The van der Waals surface area contributed by atoms with E-state index in [4.69, 9.17) is 4.74 Å². The maximum absolute atomic E-state index is 11.6. The Bertz CT molecular complexity index is 627. The quantitative estimate of drug-likeness (QED) is 0.665. The predicted molar refractivity (Wildman–Crippen MR) is 65.0 cm³/mol. The summed E-state index contributed by atoms with van der Waals surface area (Å²) in [5, 5.41) is 9.75. The standard InChI is InChI=1S/C13H13NO4/c1-3-18-13(17)11-5-10-4-9(8(2)15)6-14(10)7-12(11)16/h4-7,16H,3H2,1-2H3. The summed E-state index contributed by atoms with van der Waals surface area (Å²) in [6, 6.07) is 3.16. The molecule has 2 aromatic heterocycles. The van der Waals surface area contributed by atoms with Crippen molar-refractivity contribution in [3.05, 3.63) is 35.7 Å². The molecular formula is C13H13NO4. The summed E-state index contributed by atoms with van der Waals surface area (Å²) in [5.74, 6) is -0.828. The number of hydrogen-bond acceptors (Lipinski definition) is 4. The second-order valence-electron chi connectivity index (χ2n) is 3.91. The van der Waals surface area contributed by atoms with Gasteiger partial charge >= 0.3 is 5.97 Å². The van der Waals surface area contributed by atoms with Crippen LogP contribution in [-0.2, 0) is 4.74 Å². The average Bonchev–Trinajstić information content (AvgIpc) is 2.71. The molecule has 0 unspecified atom stereocenters. The molecule has 0 aliphatic heterocycles. The van der Waals surface area contributed by atoms with Crippen molar-refractivity contribution in [2.75, 3.05) is 6.61 Å². The molecule has 2 heterocycles. The second-order valence-corrected chi connectivity index (χ2v) is 3.91. The average molecular weight is 247 g/mol. The molecule has 0 saturated heterocycles. The molecule has 0 atom stereocenters. The minimum absolute atomic E-state index is 0.0733. The van der Waals surface area contributed by atoms with E-state index in [0.717, 1.165) is 0 Å². The van der Waals surface area contributed by atoms with Crippen molar-refractivity contribution in [2.45, 2.75) is 13.8 Å². The predicted octanol–water partition coefficient (Wildman–Crippen LogP) is 2.02. The van der Waals surface area contributed by atoms with Gasteiger partial charge in [-0.15, -0.1) is 0 Å². The van der Waals surface area contributed by atoms with Gasteiger partial charge in [0, 0.05) is 17.3 Å². The Labute approximate surface area is 104 Å². The Morgan fingerprint density at radius 3 is 2.67 bits per heavy atom. The Morgan fingerprint density at radius 1 is 1.33 bits per heavy atom. The molecule has 1 N–H and O–H groups in total. The minimum atomic E-state index is -0.580. The number of carbonyl (C=O) groups excluding carboxylic acids is 2. The van der Waals surface area contributed by atoms with E-state index in [2.05, 4.69) is 0 Å². The summed E-state index contributed by atoms with van der Waals surface area (Å²) in [4.78, 5) is 22.8. The number of nitrogens with zero attached hydrogens (tertiary/aromatic N) is 1. The summed E-state index contributed by atoms with van der Waals surface area (Å²) >= 11 is 0. The van der Waals surface area contributed by atoms with E-state index < -0.39 is 5.97 Å². The molecule has 0 aromatic carbocycles. The van der Waals surface area contributed by atoms with Gasteiger partial charge in [0.15, 0.2) is 5.78 Å².